The zero-order valence-corrected chi connectivity index (χ0v) is 6.67. The van der Waals surface area contributed by atoms with Gasteiger partial charge in [-0.3, -0.25) is 0 Å². The quantitative estimate of drug-likeness (QED) is 0.748. The Hall–Kier alpha value is -1.09. The van der Waals surface area contributed by atoms with Gasteiger partial charge < -0.3 is 5.32 Å². The van der Waals surface area contributed by atoms with Gasteiger partial charge in [0.15, 0.2) is 0 Å². The van der Waals surface area contributed by atoms with E-state index in [9.17, 15) is 0 Å². The lowest BCUT2D eigenvalue weighted by Gasteiger charge is -2.01. The lowest BCUT2D eigenvalue weighted by atomic mass is 10.5. The zero-order chi connectivity index (χ0) is 8.10. The number of nitrogens with zero attached hydrogens (tertiary/aromatic N) is 2. The molecule has 1 N–H and O–H groups in total. The van der Waals surface area contributed by atoms with Gasteiger partial charge in [0, 0.05) is 11.2 Å². The minimum Gasteiger partial charge on any atom is -0.365 e. The minimum absolute atomic E-state index is 0.526. The Balaban J connectivity index is 2.45. The molecule has 0 aliphatic carbocycles. The third-order valence-corrected chi connectivity index (χ3v) is 1.18. The molecule has 0 bridgehead atoms. The van der Waals surface area contributed by atoms with Gasteiger partial charge >= 0.3 is 0 Å². The van der Waals surface area contributed by atoms with Crippen molar-refractivity contribution in [2.24, 2.45) is 0 Å². The van der Waals surface area contributed by atoms with Crippen molar-refractivity contribution >= 4 is 17.4 Å². The molecule has 0 unspecified atom stereocenters. The Morgan fingerprint density at radius 3 is 3.09 bits per heavy atom. The van der Waals surface area contributed by atoms with E-state index < -0.39 is 0 Å². The third-order valence-electron chi connectivity index (χ3n) is 1.04. The Labute approximate surface area is 70.1 Å². The van der Waals surface area contributed by atoms with E-state index in [-0.39, 0.29) is 0 Å². The fourth-order valence-corrected chi connectivity index (χ4v) is 0.649. The van der Waals surface area contributed by atoms with Crippen molar-refractivity contribution < 1.29 is 0 Å². The number of halogens is 1. The summed E-state index contributed by atoms with van der Waals surface area (Å²) >= 11 is 5.53. The van der Waals surface area contributed by atoms with Gasteiger partial charge in [-0.05, 0) is 6.07 Å². The first-order valence-electron chi connectivity index (χ1n) is 3.12. The highest BCUT2D eigenvalue weighted by Gasteiger charge is 1.90. The Morgan fingerprint density at radius 2 is 2.55 bits per heavy atom. The maximum Gasteiger partial charge on any atom is 0.129 e. The van der Waals surface area contributed by atoms with Crippen LogP contribution in [0.4, 0.5) is 5.82 Å². The molecule has 0 atom stereocenters. The smallest absolute Gasteiger partial charge is 0.129 e. The molecule has 1 aromatic heterocycles. The minimum atomic E-state index is 0.526. The van der Waals surface area contributed by atoms with E-state index in [4.69, 9.17) is 11.6 Å². The van der Waals surface area contributed by atoms with Gasteiger partial charge in [-0.1, -0.05) is 18.2 Å². The van der Waals surface area contributed by atoms with E-state index in [2.05, 4.69) is 21.9 Å². The van der Waals surface area contributed by atoms with E-state index in [1.807, 2.05) is 0 Å². The maximum atomic E-state index is 5.53. The van der Waals surface area contributed by atoms with Crippen LogP contribution in [0.25, 0.3) is 0 Å². The van der Waals surface area contributed by atoms with E-state index in [0.29, 0.717) is 11.6 Å². The van der Waals surface area contributed by atoms with Crippen molar-refractivity contribution in [1.82, 2.24) is 9.97 Å². The maximum absolute atomic E-state index is 5.53. The standard InChI is InChI=1S/C7H8ClN3/c1-6(8)4-10-7-2-3-9-5-11-7/h2-3,5H,1,4H2,(H,9,10,11). The molecule has 0 aromatic carbocycles. The molecule has 11 heavy (non-hydrogen) atoms. The number of anilines is 1. The van der Waals surface area contributed by atoms with Crippen LogP contribution >= 0.6 is 11.6 Å². The topological polar surface area (TPSA) is 37.8 Å². The Bertz CT molecular complexity index is 235. The molecule has 58 valence electrons. The summed E-state index contributed by atoms with van der Waals surface area (Å²) in [6.45, 7) is 4.06. The lowest BCUT2D eigenvalue weighted by molar-refractivity contribution is 1.14. The van der Waals surface area contributed by atoms with Crippen LogP contribution in [0.3, 0.4) is 0 Å². The molecule has 0 fully saturated rings. The highest BCUT2D eigenvalue weighted by Crippen LogP contribution is 2.01. The summed E-state index contributed by atoms with van der Waals surface area (Å²) in [5, 5.41) is 3.52. The molecule has 3 nitrogen and oxygen atoms in total. The lowest BCUT2D eigenvalue weighted by Crippen LogP contribution is -2.02. The first-order valence-corrected chi connectivity index (χ1v) is 3.50. The monoisotopic (exact) mass is 169 g/mol. The average molecular weight is 170 g/mol. The van der Waals surface area contributed by atoms with Crippen molar-refractivity contribution in [3.8, 4) is 0 Å². The van der Waals surface area contributed by atoms with Crippen molar-refractivity contribution in [3.05, 3.63) is 30.2 Å². The molecule has 0 aliphatic heterocycles. The van der Waals surface area contributed by atoms with E-state index in [1.54, 1.807) is 12.3 Å². The van der Waals surface area contributed by atoms with Crippen LogP contribution in [0.15, 0.2) is 30.2 Å². The Kier molecular flexibility index (Phi) is 2.86. The SMILES string of the molecule is C=C(Cl)CNc1ccncn1. The molecule has 0 aliphatic rings. The molecule has 0 spiro atoms. The Morgan fingerprint density at radius 1 is 1.73 bits per heavy atom. The fraction of sp³-hybridized carbons (Fsp3) is 0.143. The summed E-state index contributed by atoms with van der Waals surface area (Å²) < 4.78 is 0. The van der Waals surface area contributed by atoms with E-state index >= 15 is 0 Å². The van der Waals surface area contributed by atoms with Crippen LogP contribution in [-0.2, 0) is 0 Å². The van der Waals surface area contributed by atoms with Gasteiger partial charge in [0.05, 0.1) is 6.54 Å². The summed E-state index contributed by atoms with van der Waals surface area (Å²) in [7, 11) is 0. The van der Waals surface area contributed by atoms with Crippen LogP contribution in [0, 0.1) is 0 Å². The van der Waals surface area contributed by atoms with Crippen LogP contribution in [0.2, 0.25) is 0 Å². The van der Waals surface area contributed by atoms with Crippen molar-refractivity contribution in [1.29, 1.82) is 0 Å². The molecule has 0 amide bonds. The average Bonchev–Trinajstić information content (AvgIpc) is 2.03. The van der Waals surface area contributed by atoms with E-state index in [0.717, 1.165) is 5.82 Å². The number of aromatic nitrogens is 2. The number of hydrogen-bond donors (Lipinski definition) is 1. The van der Waals surface area contributed by atoms with Crippen LogP contribution in [0.5, 0.6) is 0 Å². The first-order chi connectivity index (χ1) is 5.29. The second kappa shape index (κ2) is 3.93. The normalized spacial score (nSPS) is 9.18. The van der Waals surface area contributed by atoms with E-state index in [1.165, 1.54) is 6.33 Å². The second-order valence-corrected chi connectivity index (χ2v) is 2.50. The van der Waals surface area contributed by atoms with Crippen LogP contribution < -0.4 is 5.32 Å². The van der Waals surface area contributed by atoms with Crippen molar-refractivity contribution in [2.75, 3.05) is 11.9 Å². The summed E-state index contributed by atoms with van der Waals surface area (Å²) in [6, 6.07) is 1.76. The largest absolute Gasteiger partial charge is 0.365 e. The predicted molar refractivity (Wildman–Crippen MR) is 45.5 cm³/mol. The summed E-state index contributed by atoms with van der Waals surface area (Å²) in [6.07, 6.45) is 3.13. The van der Waals surface area contributed by atoms with Crippen molar-refractivity contribution in [3.63, 3.8) is 0 Å². The molecular formula is C7H8ClN3. The van der Waals surface area contributed by atoms with Gasteiger partial charge in [-0.15, -0.1) is 0 Å². The number of rotatable bonds is 3. The molecule has 4 heteroatoms. The number of hydrogen-bond acceptors (Lipinski definition) is 3. The van der Waals surface area contributed by atoms with Gasteiger partial charge in [0.2, 0.25) is 0 Å². The molecular weight excluding hydrogens is 162 g/mol. The van der Waals surface area contributed by atoms with Gasteiger partial charge in [-0.25, -0.2) is 9.97 Å². The van der Waals surface area contributed by atoms with Gasteiger partial charge in [-0.2, -0.15) is 0 Å². The first kappa shape index (κ1) is 8.01. The van der Waals surface area contributed by atoms with Gasteiger partial charge in [0.25, 0.3) is 0 Å². The molecule has 0 saturated carbocycles. The fourth-order valence-electron chi connectivity index (χ4n) is 0.582. The highest BCUT2D eigenvalue weighted by atomic mass is 35.5. The number of nitrogens with one attached hydrogen (secondary N) is 1. The molecule has 0 saturated heterocycles. The molecule has 1 rings (SSSR count). The highest BCUT2D eigenvalue weighted by molar-refractivity contribution is 6.29. The second-order valence-electron chi connectivity index (χ2n) is 1.97. The van der Waals surface area contributed by atoms with Gasteiger partial charge in [0.1, 0.15) is 12.1 Å². The predicted octanol–water partition coefficient (Wildman–Crippen LogP) is 1.64. The third kappa shape index (κ3) is 3.00. The summed E-state index contributed by atoms with van der Waals surface area (Å²) in [5.74, 6) is 0.752. The summed E-state index contributed by atoms with van der Waals surface area (Å²) in [5.41, 5.74) is 0. The molecule has 1 aromatic rings. The van der Waals surface area contributed by atoms with Crippen LogP contribution in [0.1, 0.15) is 0 Å². The summed E-state index contributed by atoms with van der Waals surface area (Å²) in [4.78, 5) is 7.69. The van der Waals surface area contributed by atoms with Crippen LogP contribution in [-0.4, -0.2) is 16.5 Å². The van der Waals surface area contributed by atoms with Crippen molar-refractivity contribution in [2.45, 2.75) is 0 Å². The molecule has 1 heterocycles. The molecule has 0 radical (unpaired) electrons. The zero-order valence-electron chi connectivity index (χ0n) is 5.92.